The second kappa shape index (κ2) is 7.27. The molecule has 2 aromatic carbocycles. The van der Waals surface area contributed by atoms with E-state index in [9.17, 15) is 9.59 Å². The molecule has 27 heavy (non-hydrogen) atoms. The molecule has 1 heterocycles. The van der Waals surface area contributed by atoms with Crippen LogP contribution in [0.5, 0.6) is 0 Å². The minimum absolute atomic E-state index is 0.0496. The lowest BCUT2D eigenvalue weighted by Crippen LogP contribution is -2.37. The van der Waals surface area contributed by atoms with Gasteiger partial charge in [0.25, 0.3) is 0 Å². The van der Waals surface area contributed by atoms with E-state index in [2.05, 4.69) is 24.3 Å². The van der Waals surface area contributed by atoms with Gasteiger partial charge in [-0.3, -0.25) is 0 Å². The maximum atomic E-state index is 12.5. The fourth-order valence-electron chi connectivity index (χ4n) is 3.98. The van der Waals surface area contributed by atoms with Crippen molar-refractivity contribution < 1.29 is 19.4 Å². The minimum Gasteiger partial charge on any atom is -0.478 e. The van der Waals surface area contributed by atoms with Gasteiger partial charge in [0.15, 0.2) is 0 Å². The fraction of sp³-hybridized carbons (Fsp3) is 0.273. The Kier molecular flexibility index (Phi) is 4.67. The van der Waals surface area contributed by atoms with Gasteiger partial charge in [-0.2, -0.15) is 0 Å². The molecule has 4 rings (SSSR count). The van der Waals surface area contributed by atoms with Gasteiger partial charge in [-0.25, -0.2) is 9.59 Å². The van der Waals surface area contributed by atoms with E-state index in [1.54, 1.807) is 4.90 Å². The van der Waals surface area contributed by atoms with Crippen LogP contribution in [0.4, 0.5) is 4.79 Å². The third kappa shape index (κ3) is 3.45. The molecule has 5 heteroatoms. The molecular formula is C22H21NO4. The molecule has 1 aliphatic carbocycles. The highest BCUT2D eigenvalue weighted by Gasteiger charge is 2.30. The second-order valence-corrected chi connectivity index (χ2v) is 6.93. The Labute approximate surface area is 157 Å². The van der Waals surface area contributed by atoms with Gasteiger partial charge < -0.3 is 14.7 Å². The van der Waals surface area contributed by atoms with Crippen molar-refractivity contribution in [3.63, 3.8) is 0 Å². The molecule has 0 unspecified atom stereocenters. The molecule has 0 spiro atoms. The molecule has 5 nitrogen and oxygen atoms in total. The van der Waals surface area contributed by atoms with Crippen LogP contribution in [0.15, 0.2) is 60.2 Å². The van der Waals surface area contributed by atoms with Crippen molar-refractivity contribution in [3.05, 3.63) is 71.3 Å². The predicted molar refractivity (Wildman–Crippen MR) is 102 cm³/mol. The normalized spacial score (nSPS) is 15.9. The molecule has 0 bridgehead atoms. The summed E-state index contributed by atoms with van der Waals surface area (Å²) in [6, 6.07) is 16.5. The van der Waals surface area contributed by atoms with E-state index in [4.69, 9.17) is 9.84 Å². The molecule has 1 aliphatic heterocycles. The Morgan fingerprint density at radius 2 is 1.56 bits per heavy atom. The first-order valence-corrected chi connectivity index (χ1v) is 9.16. The van der Waals surface area contributed by atoms with Gasteiger partial charge in [0, 0.05) is 25.1 Å². The van der Waals surface area contributed by atoms with Crippen molar-refractivity contribution >= 4 is 12.1 Å². The smallest absolute Gasteiger partial charge is 0.409 e. The number of hydrogen-bond acceptors (Lipinski definition) is 3. The lowest BCUT2D eigenvalue weighted by molar-refractivity contribution is -0.131. The first-order valence-electron chi connectivity index (χ1n) is 9.16. The van der Waals surface area contributed by atoms with Crippen molar-refractivity contribution in [1.29, 1.82) is 0 Å². The van der Waals surface area contributed by atoms with Gasteiger partial charge in [-0.1, -0.05) is 54.1 Å². The van der Waals surface area contributed by atoms with Crippen molar-refractivity contribution in [1.82, 2.24) is 4.90 Å². The van der Waals surface area contributed by atoms with Crippen LogP contribution in [0.3, 0.4) is 0 Å². The molecule has 2 aliphatic rings. The lowest BCUT2D eigenvalue weighted by atomic mass is 9.98. The molecule has 1 N–H and O–H groups in total. The number of ether oxygens (including phenoxy) is 1. The SMILES string of the molecule is O=C(O)C=C1CCN(C(=O)OCC2c3ccccc3-c3ccccc32)CC1. The molecule has 0 saturated carbocycles. The van der Waals surface area contributed by atoms with Gasteiger partial charge in [0.2, 0.25) is 0 Å². The summed E-state index contributed by atoms with van der Waals surface area (Å²) in [6.07, 6.45) is 2.08. The number of likely N-dealkylation sites (tertiary alicyclic amines) is 1. The number of piperidine rings is 1. The van der Waals surface area contributed by atoms with E-state index in [1.165, 1.54) is 28.3 Å². The average Bonchev–Trinajstić information content (AvgIpc) is 3.00. The molecular weight excluding hydrogens is 342 g/mol. The summed E-state index contributed by atoms with van der Waals surface area (Å²) in [4.78, 5) is 24.9. The Balaban J connectivity index is 1.42. The average molecular weight is 363 g/mol. The minimum atomic E-state index is -0.931. The zero-order valence-electron chi connectivity index (χ0n) is 14.9. The summed E-state index contributed by atoms with van der Waals surface area (Å²) in [5.74, 6) is -0.881. The Bertz CT molecular complexity index is 863. The highest BCUT2D eigenvalue weighted by atomic mass is 16.6. The van der Waals surface area contributed by atoms with Crippen molar-refractivity contribution in [2.45, 2.75) is 18.8 Å². The summed E-state index contributed by atoms with van der Waals surface area (Å²) < 4.78 is 5.65. The van der Waals surface area contributed by atoms with E-state index < -0.39 is 5.97 Å². The first-order chi connectivity index (χ1) is 13.1. The van der Waals surface area contributed by atoms with E-state index in [0.717, 1.165) is 5.57 Å². The predicted octanol–water partition coefficient (Wildman–Crippen LogP) is 4.04. The number of carboxylic acid groups (broad SMARTS) is 1. The number of amides is 1. The van der Waals surface area contributed by atoms with Gasteiger partial charge in [-0.15, -0.1) is 0 Å². The van der Waals surface area contributed by atoms with Crippen LogP contribution in [-0.4, -0.2) is 41.8 Å². The highest BCUT2D eigenvalue weighted by molar-refractivity contribution is 5.81. The molecule has 0 radical (unpaired) electrons. The molecule has 138 valence electrons. The number of fused-ring (bicyclic) bond motifs is 3. The number of carboxylic acids is 1. The number of carbonyl (C=O) groups excluding carboxylic acids is 1. The largest absolute Gasteiger partial charge is 0.478 e. The molecule has 1 saturated heterocycles. The van der Waals surface area contributed by atoms with E-state index in [-0.39, 0.29) is 12.0 Å². The number of carbonyl (C=O) groups is 2. The summed E-state index contributed by atoms with van der Waals surface area (Å²) in [6.45, 7) is 1.30. The van der Waals surface area contributed by atoms with Crippen LogP contribution in [-0.2, 0) is 9.53 Å². The molecule has 0 atom stereocenters. The highest BCUT2D eigenvalue weighted by Crippen LogP contribution is 2.44. The van der Waals surface area contributed by atoms with Crippen molar-refractivity contribution in [2.24, 2.45) is 0 Å². The van der Waals surface area contributed by atoms with E-state index in [1.807, 2.05) is 24.3 Å². The summed E-state index contributed by atoms with van der Waals surface area (Å²) in [5, 5.41) is 8.82. The fourth-order valence-corrected chi connectivity index (χ4v) is 3.98. The van der Waals surface area contributed by atoms with Crippen LogP contribution >= 0.6 is 0 Å². The number of aliphatic carboxylic acids is 1. The first kappa shape index (κ1) is 17.3. The van der Waals surface area contributed by atoms with E-state index in [0.29, 0.717) is 32.5 Å². The van der Waals surface area contributed by atoms with E-state index >= 15 is 0 Å². The summed E-state index contributed by atoms with van der Waals surface area (Å²) in [7, 11) is 0. The standard InChI is InChI=1S/C22H21NO4/c24-21(25)13-15-9-11-23(12-10-15)22(26)27-14-20-18-7-3-1-5-16(18)17-6-2-4-8-19(17)20/h1-8,13,20H,9-12,14H2,(H,24,25). The van der Waals surface area contributed by atoms with Crippen molar-refractivity contribution in [2.75, 3.05) is 19.7 Å². The number of benzene rings is 2. The third-order valence-electron chi connectivity index (χ3n) is 5.33. The number of rotatable bonds is 3. The summed E-state index contributed by atoms with van der Waals surface area (Å²) >= 11 is 0. The maximum absolute atomic E-state index is 12.5. The number of nitrogens with zero attached hydrogens (tertiary/aromatic N) is 1. The molecule has 0 aromatic heterocycles. The van der Waals surface area contributed by atoms with Crippen LogP contribution in [0.2, 0.25) is 0 Å². The molecule has 2 aromatic rings. The zero-order chi connectivity index (χ0) is 18.8. The number of hydrogen-bond donors (Lipinski definition) is 1. The van der Waals surface area contributed by atoms with Gasteiger partial charge in [0.05, 0.1) is 0 Å². The van der Waals surface area contributed by atoms with Crippen LogP contribution in [0.1, 0.15) is 29.9 Å². The van der Waals surface area contributed by atoms with Crippen LogP contribution in [0.25, 0.3) is 11.1 Å². The van der Waals surface area contributed by atoms with Gasteiger partial charge >= 0.3 is 12.1 Å². The van der Waals surface area contributed by atoms with Crippen LogP contribution < -0.4 is 0 Å². The van der Waals surface area contributed by atoms with Gasteiger partial charge in [-0.05, 0) is 35.1 Å². The maximum Gasteiger partial charge on any atom is 0.409 e. The molecule has 1 amide bonds. The second-order valence-electron chi connectivity index (χ2n) is 6.93. The van der Waals surface area contributed by atoms with Gasteiger partial charge in [0.1, 0.15) is 6.61 Å². The zero-order valence-corrected chi connectivity index (χ0v) is 14.9. The topological polar surface area (TPSA) is 66.8 Å². The Morgan fingerprint density at radius 3 is 2.11 bits per heavy atom. The molecule has 1 fully saturated rings. The summed E-state index contributed by atoms with van der Waals surface area (Å²) in [5.41, 5.74) is 5.66. The quantitative estimate of drug-likeness (QED) is 0.836. The van der Waals surface area contributed by atoms with Crippen molar-refractivity contribution in [3.8, 4) is 11.1 Å². The third-order valence-corrected chi connectivity index (χ3v) is 5.33. The monoisotopic (exact) mass is 363 g/mol. The Hall–Kier alpha value is -3.08. The Morgan fingerprint density at radius 1 is 1.00 bits per heavy atom. The lowest BCUT2D eigenvalue weighted by Gasteiger charge is -2.28. The van der Waals surface area contributed by atoms with Crippen LogP contribution in [0, 0.1) is 0 Å².